The van der Waals surface area contributed by atoms with Crippen LogP contribution in [0.15, 0.2) is 48.5 Å². The Morgan fingerprint density at radius 2 is 1.93 bits per heavy atom. The van der Waals surface area contributed by atoms with Crippen LogP contribution < -0.4 is 10.1 Å². The molecule has 4 rings (SSSR count). The number of benzene rings is 2. The lowest BCUT2D eigenvalue weighted by Crippen LogP contribution is -2.44. The number of halogens is 1. The first-order valence-electron chi connectivity index (χ1n) is 10.5. The van der Waals surface area contributed by atoms with E-state index < -0.39 is 6.10 Å². The third-order valence-corrected chi connectivity index (χ3v) is 6.51. The van der Waals surface area contributed by atoms with Gasteiger partial charge < -0.3 is 20.1 Å². The van der Waals surface area contributed by atoms with E-state index in [2.05, 4.69) is 33.4 Å². The molecule has 0 saturated carbocycles. The van der Waals surface area contributed by atoms with E-state index in [0.717, 1.165) is 43.0 Å². The molecule has 1 fully saturated rings. The Kier molecular flexibility index (Phi) is 7.28. The fourth-order valence-electron chi connectivity index (χ4n) is 3.78. The number of likely N-dealkylation sites (tertiary alicyclic amines) is 1. The normalized spacial score (nSPS) is 16.7. The largest absolute Gasteiger partial charge is 0.493 e. The lowest BCUT2D eigenvalue weighted by molar-refractivity contribution is 0.0773. The van der Waals surface area contributed by atoms with Gasteiger partial charge in [-0.2, -0.15) is 0 Å². The van der Waals surface area contributed by atoms with E-state index in [1.54, 1.807) is 23.5 Å². The molecule has 0 bridgehead atoms. The molecule has 0 amide bonds. The zero-order chi connectivity index (χ0) is 20.8. The molecule has 2 N–H and O–H groups in total. The van der Waals surface area contributed by atoms with E-state index in [-0.39, 0.29) is 5.82 Å². The number of nitrogens with zero attached hydrogens (tertiary/aromatic N) is 2. The number of β-amino-alcohol motifs (C(OH)–C–C–N with tert-alkyl or cyclic N) is 1. The van der Waals surface area contributed by atoms with Crippen LogP contribution in [-0.4, -0.2) is 53.4 Å². The summed E-state index contributed by atoms with van der Waals surface area (Å²) in [6, 6.07) is 14.7. The van der Waals surface area contributed by atoms with Gasteiger partial charge in [-0.3, -0.25) is 0 Å². The third kappa shape index (κ3) is 5.98. The molecule has 2 heterocycles. The van der Waals surface area contributed by atoms with Crippen LogP contribution in [0.25, 0.3) is 10.2 Å². The zero-order valence-electron chi connectivity index (χ0n) is 17.0. The molecule has 0 aliphatic carbocycles. The Morgan fingerprint density at radius 3 is 2.70 bits per heavy atom. The van der Waals surface area contributed by atoms with Crippen molar-refractivity contribution in [2.24, 2.45) is 0 Å². The highest BCUT2D eigenvalue weighted by molar-refractivity contribution is 7.18. The molecule has 30 heavy (non-hydrogen) atoms. The van der Waals surface area contributed by atoms with E-state index in [1.807, 2.05) is 6.07 Å². The van der Waals surface area contributed by atoms with Crippen molar-refractivity contribution in [3.8, 4) is 5.75 Å². The van der Waals surface area contributed by atoms with Crippen LogP contribution >= 0.6 is 11.3 Å². The van der Waals surface area contributed by atoms with Crippen molar-refractivity contribution in [1.29, 1.82) is 0 Å². The lowest BCUT2D eigenvalue weighted by Gasteiger charge is -2.33. The lowest BCUT2D eigenvalue weighted by atomic mass is 10.0. The fraction of sp³-hybridized carbons (Fsp3) is 0.435. The highest BCUT2D eigenvalue weighted by atomic mass is 32.1. The SMILES string of the molecule is OC(CCOc1ccc(F)cc1)CN1CCC(NCc2nc3ccccc3s2)CC1. The van der Waals surface area contributed by atoms with E-state index in [0.29, 0.717) is 31.4 Å². The molecule has 1 aromatic heterocycles. The van der Waals surface area contributed by atoms with Gasteiger partial charge in [0.25, 0.3) is 0 Å². The number of aromatic nitrogens is 1. The summed E-state index contributed by atoms with van der Waals surface area (Å²) in [5, 5.41) is 15.1. The van der Waals surface area contributed by atoms with E-state index >= 15 is 0 Å². The third-order valence-electron chi connectivity index (χ3n) is 5.47. The average molecular weight is 430 g/mol. The molecule has 3 aromatic rings. The number of aliphatic hydroxyl groups is 1. The van der Waals surface area contributed by atoms with Crippen LogP contribution in [0, 0.1) is 5.82 Å². The maximum Gasteiger partial charge on any atom is 0.123 e. The van der Waals surface area contributed by atoms with Crippen LogP contribution in [0.2, 0.25) is 0 Å². The van der Waals surface area contributed by atoms with Gasteiger partial charge in [0.2, 0.25) is 0 Å². The van der Waals surface area contributed by atoms with Crippen molar-refractivity contribution in [2.75, 3.05) is 26.2 Å². The smallest absolute Gasteiger partial charge is 0.123 e. The summed E-state index contributed by atoms with van der Waals surface area (Å²) in [4.78, 5) is 7.01. The van der Waals surface area contributed by atoms with Crippen LogP contribution in [0.3, 0.4) is 0 Å². The molecule has 1 aliphatic rings. The summed E-state index contributed by atoms with van der Waals surface area (Å²) in [5.74, 6) is 0.351. The van der Waals surface area contributed by atoms with Gasteiger partial charge >= 0.3 is 0 Å². The molecular formula is C23H28FN3O2S. The Labute approximate surface area is 180 Å². The minimum atomic E-state index is -0.419. The fourth-order valence-corrected chi connectivity index (χ4v) is 4.70. The molecule has 1 atom stereocenters. The van der Waals surface area contributed by atoms with Gasteiger partial charge in [0.15, 0.2) is 0 Å². The standard InChI is InChI=1S/C23H28FN3O2S/c24-17-5-7-20(8-6-17)29-14-11-19(28)16-27-12-9-18(10-13-27)25-15-23-26-21-3-1-2-4-22(21)30-23/h1-8,18-19,25,28H,9-16H2. The maximum absolute atomic E-state index is 12.9. The van der Waals surface area contributed by atoms with Gasteiger partial charge in [0, 0.05) is 25.6 Å². The van der Waals surface area contributed by atoms with Gasteiger partial charge in [-0.05, 0) is 62.3 Å². The maximum atomic E-state index is 12.9. The molecule has 1 saturated heterocycles. The monoisotopic (exact) mass is 429 g/mol. The zero-order valence-corrected chi connectivity index (χ0v) is 17.8. The van der Waals surface area contributed by atoms with Crippen LogP contribution in [0.5, 0.6) is 5.75 Å². The summed E-state index contributed by atoms with van der Waals surface area (Å²) >= 11 is 1.75. The van der Waals surface area contributed by atoms with Gasteiger partial charge in [0.05, 0.1) is 22.9 Å². The molecule has 1 aliphatic heterocycles. The van der Waals surface area contributed by atoms with Crippen molar-refractivity contribution in [1.82, 2.24) is 15.2 Å². The molecular weight excluding hydrogens is 401 g/mol. The van der Waals surface area contributed by atoms with Crippen LogP contribution in [0.1, 0.15) is 24.3 Å². The number of fused-ring (bicyclic) bond motifs is 1. The molecule has 1 unspecified atom stereocenters. The Bertz CT molecular complexity index is 893. The minimum Gasteiger partial charge on any atom is -0.493 e. The highest BCUT2D eigenvalue weighted by Crippen LogP contribution is 2.22. The van der Waals surface area contributed by atoms with Crippen molar-refractivity contribution in [3.05, 3.63) is 59.4 Å². The number of hydrogen-bond donors (Lipinski definition) is 2. The van der Waals surface area contributed by atoms with Crippen LogP contribution in [0.4, 0.5) is 4.39 Å². The molecule has 0 spiro atoms. The first-order chi connectivity index (χ1) is 14.7. The Morgan fingerprint density at radius 1 is 1.17 bits per heavy atom. The van der Waals surface area contributed by atoms with E-state index in [9.17, 15) is 9.50 Å². The number of ether oxygens (including phenoxy) is 1. The summed E-state index contributed by atoms with van der Waals surface area (Å²) in [6.45, 7) is 3.86. The number of rotatable bonds is 9. The molecule has 0 radical (unpaired) electrons. The summed E-state index contributed by atoms with van der Waals surface area (Å²) in [6.07, 6.45) is 2.29. The second kappa shape index (κ2) is 10.3. The minimum absolute atomic E-state index is 0.277. The quantitative estimate of drug-likeness (QED) is 0.542. The highest BCUT2D eigenvalue weighted by Gasteiger charge is 2.21. The summed E-state index contributed by atoms with van der Waals surface area (Å²) < 4.78 is 19.7. The predicted octanol–water partition coefficient (Wildman–Crippen LogP) is 3.82. The number of nitrogens with one attached hydrogen (secondary N) is 1. The van der Waals surface area contributed by atoms with E-state index in [4.69, 9.17) is 4.74 Å². The number of aliphatic hydroxyl groups excluding tert-OH is 1. The topological polar surface area (TPSA) is 57.6 Å². The number of hydrogen-bond acceptors (Lipinski definition) is 6. The molecule has 5 nitrogen and oxygen atoms in total. The van der Waals surface area contributed by atoms with Gasteiger partial charge in [-0.25, -0.2) is 9.37 Å². The average Bonchev–Trinajstić information content (AvgIpc) is 3.18. The Hall–Kier alpha value is -2.06. The van der Waals surface area contributed by atoms with Gasteiger partial charge in [-0.1, -0.05) is 12.1 Å². The van der Waals surface area contributed by atoms with Crippen molar-refractivity contribution in [3.63, 3.8) is 0 Å². The molecule has 2 aromatic carbocycles. The number of thiazole rings is 1. The first kappa shape index (κ1) is 21.2. The predicted molar refractivity (Wildman–Crippen MR) is 118 cm³/mol. The molecule has 160 valence electrons. The molecule has 7 heteroatoms. The second-order valence-electron chi connectivity index (χ2n) is 7.78. The summed E-state index contributed by atoms with van der Waals surface area (Å²) in [7, 11) is 0. The van der Waals surface area contributed by atoms with Gasteiger partial charge in [-0.15, -0.1) is 11.3 Å². The van der Waals surface area contributed by atoms with E-state index in [1.165, 1.54) is 16.8 Å². The summed E-state index contributed by atoms with van der Waals surface area (Å²) in [5.41, 5.74) is 1.08. The number of piperidine rings is 1. The van der Waals surface area contributed by atoms with Crippen molar-refractivity contribution < 1.29 is 14.2 Å². The first-order valence-corrected chi connectivity index (χ1v) is 11.3. The van der Waals surface area contributed by atoms with Crippen molar-refractivity contribution in [2.45, 2.75) is 38.0 Å². The second-order valence-corrected chi connectivity index (χ2v) is 8.89. The Balaban J connectivity index is 1.12. The van der Waals surface area contributed by atoms with Gasteiger partial charge in [0.1, 0.15) is 16.6 Å². The van der Waals surface area contributed by atoms with Crippen molar-refractivity contribution >= 4 is 21.6 Å². The van der Waals surface area contributed by atoms with Crippen LogP contribution in [-0.2, 0) is 6.54 Å². The number of para-hydroxylation sites is 1.